The van der Waals surface area contributed by atoms with E-state index in [0.29, 0.717) is 23.3 Å². The molecule has 6 nitrogen and oxygen atoms in total. The molecular weight excluding hydrogens is 452 g/mol. The van der Waals surface area contributed by atoms with Crippen molar-refractivity contribution in [2.75, 3.05) is 39.4 Å². The summed E-state index contributed by atoms with van der Waals surface area (Å²) in [6.07, 6.45) is 12.4. The van der Waals surface area contributed by atoms with Crippen LogP contribution in [0.4, 0.5) is 0 Å². The van der Waals surface area contributed by atoms with Gasteiger partial charge in [0.05, 0.1) is 25.4 Å². The molecule has 0 aromatic rings. The van der Waals surface area contributed by atoms with Crippen molar-refractivity contribution in [3.63, 3.8) is 0 Å². The van der Waals surface area contributed by atoms with Crippen molar-refractivity contribution in [1.82, 2.24) is 9.80 Å². The molecule has 2 N–H and O–H groups in total. The van der Waals surface area contributed by atoms with Gasteiger partial charge in [0, 0.05) is 38.0 Å². The highest BCUT2D eigenvalue weighted by atomic mass is 16.7. The molecule has 0 bridgehead atoms. The Morgan fingerprint density at radius 3 is 2.14 bits per heavy atom. The Labute approximate surface area is 218 Å². The predicted octanol–water partition coefficient (Wildman–Crippen LogP) is 3.64. The van der Waals surface area contributed by atoms with Crippen LogP contribution in [0.3, 0.4) is 0 Å². The monoisotopic (exact) mass is 502 g/mol. The van der Waals surface area contributed by atoms with Crippen LogP contribution in [0.2, 0.25) is 0 Å². The molecule has 3 heterocycles. The van der Waals surface area contributed by atoms with E-state index in [1.54, 1.807) is 0 Å². The van der Waals surface area contributed by atoms with Crippen molar-refractivity contribution < 1.29 is 19.7 Å². The molecule has 3 saturated heterocycles. The van der Waals surface area contributed by atoms with Crippen LogP contribution in [0, 0.1) is 34.5 Å². The van der Waals surface area contributed by atoms with Gasteiger partial charge in [-0.3, -0.25) is 9.80 Å². The quantitative estimate of drug-likeness (QED) is 0.601. The maximum Gasteiger partial charge on any atom is 0.170 e. The SMILES string of the molecule is C[C@]12CC(N3CCC4(CC3)OCCO4)C(O)CC1CC[C@@H]1[C@H]2CC[C@]2(C)C(O)C(N3CCCC3)C[C@@H]12. The van der Waals surface area contributed by atoms with Gasteiger partial charge in [-0.25, -0.2) is 0 Å². The Kier molecular flexibility index (Phi) is 6.12. The predicted molar refractivity (Wildman–Crippen MR) is 138 cm³/mol. The number of likely N-dealkylation sites (tertiary alicyclic amines) is 2. The average molecular weight is 503 g/mol. The molecule has 0 aromatic carbocycles. The van der Waals surface area contributed by atoms with Gasteiger partial charge in [0.1, 0.15) is 0 Å². The van der Waals surface area contributed by atoms with Crippen LogP contribution in [0.15, 0.2) is 0 Å². The van der Waals surface area contributed by atoms with Gasteiger partial charge in [0.15, 0.2) is 5.79 Å². The van der Waals surface area contributed by atoms with Crippen molar-refractivity contribution in [2.45, 2.75) is 115 Å². The minimum absolute atomic E-state index is 0.0909. The van der Waals surface area contributed by atoms with Crippen molar-refractivity contribution in [2.24, 2.45) is 34.5 Å². The summed E-state index contributed by atoms with van der Waals surface area (Å²) < 4.78 is 12.0. The highest BCUT2D eigenvalue weighted by molar-refractivity contribution is 5.14. The van der Waals surface area contributed by atoms with Gasteiger partial charge in [0.2, 0.25) is 0 Å². The number of aliphatic hydroxyl groups excluding tert-OH is 2. The third-order valence-corrected chi connectivity index (χ3v) is 13.1. The normalized spacial score (nSPS) is 53.3. The van der Waals surface area contributed by atoms with Crippen LogP contribution >= 0.6 is 0 Å². The minimum atomic E-state index is -0.346. The topological polar surface area (TPSA) is 65.4 Å². The Balaban J connectivity index is 1.10. The fraction of sp³-hybridized carbons (Fsp3) is 1.00. The summed E-state index contributed by atoms with van der Waals surface area (Å²) in [6, 6.07) is 0.650. The summed E-state index contributed by atoms with van der Waals surface area (Å²) in [7, 11) is 0. The number of rotatable bonds is 2. The number of hydrogen-bond acceptors (Lipinski definition) is 6. The fourth-order valence-corrected chi connectivity index (χ4v) is 11.0. The van der Waals surface area contributed by atoms with E-state index < -0.39 is 0 Å². The van der Waals surface area contributed by atoms with E-state index in [0.717, 1.165) is 63.8 Å². The second-order valence-corrected chi connectivity index (χ2v) is 14.4. The molecule has 0 radical (unpaired) electrons. The number of aliphatic hydroxyl groups is 2. The standard InChI is InChI=1S/C30H50N2O4/c1-28-8-7-22-21(23(28)18-24(27(28)34)31-11-3-4-12-31)6-5-20-17-26(33)25(19-29(20,22)2)32-13-9-30(10-14-32)35-15-16-36-30/h20-27,33-34H,3-19H2,1-2H3/t20?,21-,22-,23+,24?,25?,26?,27?,28+,29+/m1/s1. The number of piperidine rings is 1. The molecular formula is C30H50N2O4. The van der Waals surface area contributed by atoms with Gasteiger partial charge in [-0.05, 0) is 105 Å². The molecule has 7 rings (SSSR count). The van der Waals surface area contributed by atoms with Crippen LogP contribution in [0.1, 0.15) is 84.5 Å². The summed E-state index contributed by atoms with van der Waals surface area (Å²) in [5.74, 6) is 2.44. The molecule has 0 amide bonds. The first-order valence-electron chi connectivity index (χ1n) is 15.5. The maximum atomic E-state index is 11.6. The van der Waals surface area contributed by atoms with E-state index in [4.69, 9.17) is 9.47 Å². The van der Waals surface area contributed by atoms with Gasteiger partial charge >= 0.3 is 0 Å². The molecule has 1 spiro atoms. The molecule has 4 aliphatic carbocycles. The van der Waals surface area contributed by atoms with E-state index in [2.05, 4.69) is 23.6 Å². The van der Waals surface area contributed by atoms with Crippen LogP contribution in [0.5, 0.6) is 0 Å². The summed E-state index contributed by atoms with van der Waals surface area (Å²) in [4.78, 5) is 5.21. The van der Waals surface area contributed by atoms with Crippen molar-refractivity contribution in [3.05, 3.63) is 0 Å². The second kappa shape index (κ2) is 8.89. The first kappa shape index (κ1) is 24.8. The zero-order valence-electron chi connectivity index (χ0n) is 22.7. The molecule has 7 fully saturated rings. The summed E-state index contributed by atoms with van der Waals surface area (Å²) in [5, 5.41) is 23.0. The van der Waals surface area contributed by atoms with E-state index in [9.17, 15) is 10.2 Å². The van der Waals surface area contributed by atoms with Crippen molar-refractivity contribution in [3.8, 4) is 0 Å². The Hall–Kier alpha value is -0.240. The zero-order valence-corrected chi connectivity index (χ0v) is 22.7. The number of fused-ring (bicyclic) bond motifs is 5. The first-order chi connectivity index (χ1) is 17.3. The molecule has 36 heavy (non-hydrogen) atoms. The van der Waals surface area contributed by atoms with Crippen LogP contribution in [0.25, 0.3) is 0 Å². The Morgan fingerprint density at radius 1 is 0.722 bits per heavy atom. The van der Waals surface area contributed by atoms with E-state index in [1.165, 1.54) is 58.0 Å². The van der Waals surface area contributed by atoms with Crippen molar-refractivity contribution >= 4 is 0 Å². The van der Waals surface area contributed by atoms with Crippen molar-refractivity contribution in [1.29, 1.82) is 0 Å². The molecule has 3 aliphatic heterocycles. The molecule has 10 atom stereocenters. The van der Waals surface area contributed by atoms with Gasteiger partial charge in [-0.15, -0.1) is 0 Å². The highest BCUT2D eigenvalue weighted by Gasteiger charge is 2.64. The lowest BCUT2D eigenvalue weighted by molar-refractivity contribution is -0.200. The van der Waals surface area contributed by atoms with E-state index >= 15 is 0 Å². The number of hydrogen-bond donors (Lipinski definition) is 2. The number of ether oxygens (including phenoxy) is 2. The molecule has 0 aromatic heterocycles. The second-order valence-electron chi connectivity index (χ2n) is 14.4. The first-order valence-corrected chi connectivity index (χ1v) is 15.5. The van der Waals surface area contributed by atoms with Gasteiger partial charge in [-0.2, -0.15) is 0 Å². The lowest BCUT2D eigenvalue weighted by Crippen LogP contribution is -2.61. The third kappa shape index (κ3) is 3.64. The van der Waals surface area contributed by atoms with Gasteiger partial charge in [0.25, 0.3) is 0 Å². The summed E-state index contributed by atoms with van der Waals surface area (Å²) >= 11 is 0. The summed E-state index contributed by atoms with van der Waals surface area (Å²) in [5.41, 5.74) is 0.397. The van der Waals surface area contributed by atoms with Crippen LogP contribution in [-0.4, -0.2) is 89.5 Å². The molecule has 7 aliphatic rings. The molecule has 6 heteroatoms. The maximum absolute atomic E-state index is 11.6. The largest absolute Gasteiger partial charge is 0.391 e. The van der Waals surface area contributed by atoms with E-state index in [-0.39, 0.29) is 29.5 Å². The van der Waals surface area contributed by atoms with Gasteiger partial charge in [-0.1, -0.05) is 13.8 Å². The fourth-order valence-electron chi connectivity index (χ4n) is 11.0. The zero-order chi connectivity index (χ0) is 24.7. The third-order valence-electron chi connectivity index (χ3n) is 13.1. The Bertz CT molecular complexity index is 818. The van der Waals surface area contributed by atoms with E-state index in [1.807, 2.05) is 0 Å². The molecule has 4 saturated carbocycles. The Morgan fingerprint density at radius 2 is 1.42 bits per heavy atom. The minimum Gasteiger partial charge on any atom is -0.391 e. The average Bonchev–Trinajstić information content (AvgIpc) is 3.61. The van der Waals surface area contributed by atoms with Crippen LogP contribution < -0.4 is 0 Å². The molecule has 5 unspecified atom stereocenters. The van der Waals surface area contributed by atoms with Crippen LogP contribution in [-0.2, 0) is 9.47 Å². The lowest BCUT2D eigenvalue weighted by Gasteiger charge is -2.62. The smallest absolute Gasteiger partial charge is 0.170 e. The highest BCUT2D eigenvalue weighted by Crippen LogP contribution is 2.67. The molecule has 204 valence electrons. The lowest BCUT2D eigenvalue weighted by atomic mass is 9.44. The van der Waals surface area contributed by atoms with Gasteiger partial charge < -0.3 is 19.7 Å². The summed E-state index contributed by atoms with van der Waals surface area (Å²) in [6.45, 7) is 10.8. The number of nitrogens with zero attached hydrogens (tertiary/aromatic N) is 2.